The largest absolute Gasteiger partial charge is 0.481 e. The molecule has 1 aliphatic heterocycles. The number of morpholine rings is 1. The van der Waals surface area contributed by atoms with Crippen LogP contribution in [0, 0.1) is 5.41 Å². The van der Waals surface area contributed by atoms with Crippen LogP contribution in [-0.2, 0) is 9.53 Å². The fraction of sp³-hybridized carbons (Fsp3) is 0.923. The number of ether oxygens (including phenoxy) is 1. The third kappa shape index (κ3) is 2.80. The number of carboxylic acids is 1. The van der Waals surface area contributed by atoms with Crippen molar-refractivity contribution < 1.29 is 14.6 Å². The molecule has 1 N–H and O–H groups in total. The Hall–Kier alpha value is -0.610. The van der Waals surface area contributed by atoms with Gasteiger partial charge in [-0.25, -0.2) is 0 Å². The van der Waals surface area contributed by atoms with E-state index in [-0.39, 0.29) is 6.10 Å². The lowest BCUT2D eigenvalue weighted by Gasteiger charge is -2.37. The molecule has 1 atom stereocenters. The van der Waals surface area contributed by atoms with Crippen molar-refractivity contribution in [2.75, 3.05) is 26.2 Å². The van der Waals surface area contributed by atoms with Crippen LogP contribution in [-0.4, -0.2) is 48.3 Å². The third-order valence-corrected chi connectivity index (χ3v) is 4.22. The Bertz CT molecular complexity index is 274. The fourth-order valence-corrected chi connectivity index (χ4v) is 3.09. The Morgan fingerprint density at radius 1 is 1.47 bits per heavy atom. The lowest BCUT2D eigenvalue weighted by molar-refractivity contribution is -0.151. The fourth-order valence-electron chi connectivity index (χ4n) is 3.09. The van der Waals surface area contributed by atoms with Gasteiger partial charge in [-0.05, 0) is 19.3 Å². The van der Waals surface area contributed by atoms with Gasteiger partial charge in [0.25, 0.3) is 0 Å². The zero-order valence-corrected chi connectivity index (χ0v) is 10.7. The summed E-state index contributed by atoms with van der Waals surface area (Å²) in [5.74, 6) is -0.602. The Morgan fingerprint density at radius 2 is 2.18 bits per heavy atom. The van der Waals surface area contributed by atoms with Crippen molar-refractivity contribution >= 4 is 5.97 Å². The van der Waals surface area contributed by atoms with E-state index in [4.69, 9.17) is 4.74 Å². The van der Waals surface area contributed by atoms with Crippen molar-refractivity contribution in [2.45, 2.75) is 45.1 Å². The molecular weight excluding hydrogens is 218 g/mol. The van der Waals surface area contributed by atoms with Gasteiger partial charge in [0.15, 0.2) is 0 Å². The minimum Gasteiger partial charge on any atom is -0.481 e. The van der Waals surface area contributed by atoms with Gasteiger partial charge in [-0.1, -0.05) is 19.8 Å². The highest BCUT2D eigenvalue weighted by Crippen LogP contribution is 2.39. The Labute approximate surface area is 103 Å². The van der Waals surface area contributed by atoms with E-state index in [0.717, 1.165) is 51.8 Å². The topological polar surface area (TPSA) is 49.8 Å². The van der Waals surface area contributed by atoms with E-state index in [1.54, 1.807) is 0 Å². The summed E-state index contributed by atoms with van der Waals surface area (Å²) < 4.78 is 5.63. The average Bonchev–Trinajstić information content (AvgIpc) is 2.79. The van der Waals surface area contributed by atoms with Crippen molar-refractivity contribution in [2.24, 2.45) is 5.41 Å². The van der Waals surface area contributed by atoms with Crippen LogP contribution in [0.15, 0.2) is 0 Å². The van der Waals surface area contributed by atoms with Gasteiger partial charge < -0.3 is 9.84 Å². The van der Waals surface area contributed by atoms with E-state index in [1.807, 2.05) is 0 Å². The summed E-state index contributed by atoms with van der Waals surface area (Å²) in [6.45, 7) is 5.35. The normalized spacial score (nSPS) is 29.4. The van der Waals surface area contributed by atoms with Gasteiger partial charge in [0.05, 0.1) is 18.1 Å². The second-order valence-corrected chi connectivity index (χ2v) is 5.43. The number of hydrogen-bond donors (Lipinski definition) is 1. The Balaban J connectivity index is 1.96. The molecule has 0 aromatic carbocycles. The van der Waals surface area contributed by atoms with Gasteiger partial charge in [0.2, 0.25) is 0 Å². The number of nitrogens with zero attached hydrogens (tertiary/aromatic N) is 1. The molecule has 0 aromatic heterocycles. The quantitative estimate of drug-likeness (QED) is 0.814. The van der Waals surface area contributed by atoms with Crippen molar-refractivity contribution in [1.29, 1.82) is 0 Å². The van der Waals surface area contributed by atoms with Crippen LogP contribution < -0.4 is 0 Å². The molecule has 2 rings (SSSR count). The van der Waals surface area contributed by atoms with Crippen LogP contribution >= 0.6 is 0 Å². The van der Waals surface area contributed by atoms with E-state index in [9.17, 15) is 9.90 Å². The number of aliphatic carboxylic acids is 1. The second-order valence-electron chi connectivity index (χ2n) is 5.43. The molecule has 0 amide bonds. The van der Waals surface area contributed by atoms with Crippen LogP contribution in [0.1, 0.15) is 39.0 Å². The van der Waals surface area contributed by atoms with Crippen molar-refractivity contribution in [3.8, 4) is 0 Å². The molecule has 0 spiro atoms. The highest BCUT2D eigenvalue weighted by Gasteiger charge is 2.43. The molecule has 4 nitrogen and oxygen atoms in total. The summed E-state index contributed by atoms with van der Waals surface area (Å²) in [5, 5.41) is 9.46. The maximum absolute atomic E-state index is 11.5. The number of hydrogen-bond acceptors (Lipinski definition) is 3. The van der Waals surface area contributed by atoms with E-state index in [0.29, 0.717) is 6.54 Å². The average molecular weight is 241 g/mol. The van der Waals surface area contributed by atoms with Gasteiger partial charge in [0.1, 0.15) is 0 Å². The molecule has 1 unspecified atom stereocenters. The lowest BCUT2D eigenvalue weighted by Crippen LogP contribution is -2.48. The van der Waals surface area contributed by atoms with Crippen LogP contribution in [0.4, 0.5) is 0 Å². The predicted octanol–water partition coefficient (Wildman–Crippen LogP) is 1.74. The van der Waals surface area contributed by atoms with Crippen LogP contribution in [0.2, 0.25) is 0 Å². The molecule has 4 heteroatoms. The van der Waals surface area contributed by atoms with Crippen molar-refractivity contribution in [3.05, 3.63) is 0 Å². The summed E-state index contributed by atoms with van der Waals surface area (Å²) in [5.41, 5.74) is -0.477. The van der Waals surface area contributed by atoms with E-state index < -0.39 is 11.4 Å². The zero-order chi connectivity index (χ0) is 12.3. The van der Waals surface area contributed by atoms with E-state index in [2.05, 4.69) is 11.8 Å². The molecule has 17 heavy (non-hydrogen) atoms. The number of carboxylic acid groups (broad SMARTS) is 1. The molecule has 1 aliphatic carbocycles. The molecule has 0 radical (unpaired) electrons. The Morgan fingerprint density at radius 3 is 2.76 bits per heavy atom. The number of rotatable bonds is 4. The number of carbonyl (C=O) groups is 1. The highest BCUT2D eigenvalue weighted by atomic mass is 16.5. The van der Waals surface area contributed by atoms with E-state index in [1.165, 1.54) is 0 Å². The maximum atomic E-state index is 11.5. The van der Waals surface area contributed by atoms with Gasteiger partial charge in [-0.3, -0.25) is 9.69 Å². The summed E-state index contributed by atoms with van der Waals surface area (Å²) in [4.78, 5) is 13.8. The SMILES string of the molecule is CCC1CN(CC2(C(=O)O)CCCC2)CCO1. The minimum atomic E-state index is -0.602. The van der Waals surface area contributed by atoms with Gasteiger partial charge in [-0.2, -0.15) is 0 Å². The molecule has 2 fully saturated rings. The predicted molar refractivity (Wildman–Crippen MR) is 65.0 cm³/mol. The van der Waals surface area contributed by atoms with E-state index >= 15 is 0 Å². The summed E-state index contributed by atoms with van der Waals surface area (Å²) in [6, 6.07) is 0. The van der Waals surface area contributed by atoms with Crippen molar-refractivity contribution in [3.63, 3.8) is 0 Å². The van der Waals surface area contributed by atoms with Crippen LogP contribution in [0.5, 0.6) is 0 Å². The molecule has 98 valence electrons. The molecule has 1 heterocycles. The first kappa shape index (κ1) is 12.8. The smallest absolute Gasteiger partial charge is 0.310 e. The summed E-state index contributed by atoms with van der Waals surface area (Å²) in [7, 11) is 0. The summed E-state index contributed by atoms with van der Waals surface area (Å²) in [6.07, 6.45) is 5.11. The molecule has 0 aromatic rings. The summed E-state index contributed by atoms with van der Waals surface area (Å²) >= 11 is 0. The van der Waals surface area contributed by atoms with Crippen LogP contribution in [0.25, 0.3) is 0 Å². The van der Waals surface area contributed by atoms with Gasteiger partial charge in [0, 0.05) is 19.6 Å². The monoisotopic (exact) mass is 241 g/mol. The molecule has 1 saturated carbocycles. The van der Waals surface area contributed by atoms with Gasteiger partial charge >= 0.3 is 5.97 Å². The first-order chi connectivity index (χ1) is 8.16. The molecule has 2 aliphatic rings. The van der Waals surface area contributed by atoms with Gasteiger partial charge in [-0.15, -0.1) is 0 Å². The standard InChI is InChI=1S/C13H23NO3/c1-2-11-9-14(7-8-17-11)10-13(12(15)16)5-3-4-6-13/h11H,2-10H2,1H3,(H,15,16). The lowest BCUT2D eigenvalue weighted by atomic mass is 9.85. The maximum Gasteiger partial charge on any atom is 0.310 e. The van der Waals surface area contributed by atoms with Crippen LogP contribution in [0.3, 0.4) is 0 Å². The zero-order valence-electron chi connectivity index (χ0n) is 10.7. The molecule has 0 bridgehead atoms. The minimum absolute atomic E-state index is 0.288. The molecule has 1 saturated heterocycles. The second kappa shape index (κ2) is 5.36. The first-order valence-corrected chi connectivity index (χ1v) is 6.74. The van der Waals surface area contributed by atoms with Crippen molar-refractivity contribution in [1.82, 2.24) is 4.90 Å². The Kier molecular flexibility index (Phi) is 4.05. The third-order valence-electron chi connectivity index (χ3n) is 4.22. The molecular formula is C13H23NO3. The highest BCUT2D eigenvalue weighted by molar-refractivity contribution is 5.75. The first-order valence-electron chi connectivity index (χ1n) is 6.74.